The number of benzene rings is 1. The average molecular weight is 332 g/mol. The van der Waals surface area contributed by atoms with E-state index in [1.807, 2.05) is 0 Å². The van der Waals surface area contributed by atoms with Crippen molar-refractivity contribution in [2.45, 2.75) is 44.6 Å². The minimum Gasteiger partial charge on any atom is -0.493 e. The van der Waals surface area contributed by atoms with Crippen molar-refractivity contribution >= 4 is 5.91 Å². The number of amides is 1. The number of hydrogen-bond donors (Lipinski definition) is 1. The van der Waals surface area contributed by atoms with Crippen LogP contribution in [0.1, 0.15) is 36.8 Å². The molecule has 1 fully saturated rings. The predicted molar refractivity (Wildman–Crippen MR) is 93.8 cm³/mol. The fourth-order valence-corrected chi connectivity index (χ4v) is 3.80. The Labute approximate surface area is 144 Å². The summed E-state index contributed by atoms with van der Waals surface area (Å²) in [6, 6.07) is 4.56. The van der Waals surface area contributed by atoms with Gasteiger partial charge in [-0.3, -0.25) is 9.69 Å². The van der Waals surface area contributed by atoms with E-state index in [9.17, 15) is 4.79 Å². The first-order valence-corrected chi connectivity index (χ1v) is 8.95. The Balaban J connectivity index is 1.59. The number of nitrogens with one attached hydrogen (secondary N) is 1. The van der Waals surface area contributed by atoms with Crippen molar-refractivity contribution in [2.24, 2.45) is 0 Å². The van der Waals surface area contributed by atoms with Crippen molar-refractivity contribution in [3.63, 3.8) is 0 Å². The third-order valence-corrected chi connectivity index (χ3v) is 5.19. The average Bonchev–Trinajstić information content (AvgIpc) is 3.01. The fraction of sp³-hybridized carbons (Fsp3) is 0.632. The maximum absolute atomic E-state index is 12.3. The molecule has 0 saturated heterocycles. The second kappa shape index (κ2) is 7.88. The van der Waals surface area contributed by atoms with Gasteiger partial charge in [-0.05, 0) is 48.9 Å². The van der Waals surface area contributed by atoms with Gasteiger partial charge in [-0.15, -0.1) is 0 Å². The molecule has 0 atom stereocenters. The molecule has 0 spiro atoms. The Morgan fingerprint density at radius 1 is 1.08 bits per heavy atom. The van der Waals surface area contributed by atoms with Gasteiger partial charge in [0.05, 0.1) is 20.8 Å². The molecule has 5 heteroatoms. The Kier molecular flexibility index (Phi) is 5.61. The lowest BCUT2D eigenvalue weighted by atomic mass is 10.0. The molecule has 1 aromatic rings. The van der Waals surface area contributed by atoms with Gasteiger partial charge in [0.25, 0.3) is 0 Å². The van der Waals surface area contributed by atoms with Gasteiger partial charge in [-0.25, -0.2) is 0 Å². The van der Waals surface area contributed by atoms with Crippen LogP contribution in [0.4, 0.5) is 0 Å². The lowest BCUT2D eigenvalue weighted by molar-refractivity contribution is -0.122. The van der Waals surface area contributed by atoms with Crippen LogP contribution >= 0.6 is 0 Å². The summed E-state index contributed by atoms with van der Waals surface area (Å²) in [5.74, 6) is 1.73. The third kappa shape index (κ3) is 4.01. The molecule has 5 nitrogen and oxygen atoms in total. The molecule has 1 saturated carbocycles. The lowest BCUT2D eigenvalue weighted by Crippen LogP contribution is -2.42. The molecule has 2 aliphatic rings. The zero-order valence-electron chi connectivity index (χ0n) is 14.8. The second-order valence-corrected chi connectivity index (χ2v) is 6.80. The number of nitrogens with zero attached hydrogens (tertiary/aromatic N) is 1. The highest BCUT2D eigenvalue weighted by atomic mass is 16.5. The van der Waals surface area contributed by atoms with Crippen molar-refractivity contribution in [2.75, 3.05) is 33.9 Å². The zero-order chi connectivity index (χ0) is 16.9. The minimum absolute atomic E-state index is 0.169. The summed E-state index contributed by atoms with van der Waals surface area (Å²) < 4.78 is 10.8. The molecular weight excluding hydrogens is 304 g/mol. The largest absolute Gasteiger partial charge is 0.493 e. The molecule has 0 unspecified atom stereocenters. The summed E-state index contributed by atoms with van der Waals surface area (Å²) in [5.41, 5.74) is 2.60. The van der Waals surface area contributed by atoms with E-state index in [2.05, 4.69) is 22.3 Å². The standard InChI is InChI=1S/C19H28N2O3/c1-23-17-11-14-7-9-21(10-8-15(14)12-18(17)24-2)13-19(22)20-16-5-3-4-6-16/h11-12,16H,3-10,13H2,1-2H3,(H,20,22). The van der Waals surface area contributed by atoms with Crippen LogP contribution < -0.4 is 14.8 Å². The van der Waals surface area contributed by atoms with Crippen molar-refractivity contribution in [1.29, 1.82) is 0 Å². The molecule has 1 aromatic carbocycles. The van der Waals surface area contributed by atoms with Gasteiger partial charge >= 0.3 is 0 Å². The Bertz CT molecular complexity index is 547. The summed E-state index contributed by atoms with van der Waals surface area (Å²) in [6.45, 7) is 2.31. The van der Waals surface area contributed by atoms with Crippen LogP contribution in [0.2, 0.25) is 0 Å². The molecule has 1 aliphatic carbocycles. The van der Waals surface area contributed by atoms with Crippen LogP contribution in [0.25, 0.3) is 0 Å². The molecule has 24 heavy (non-hydrogen) atoms. The molecule has 0 aromatic heterocycles. The normalized spacial score (nSPS) is 18.8. The molecule has 1 N–H and O–H groups in total. The van der Waals surface area contributed by atoms with E-state index in [0.29, 0.717) is 12.6 Å². The summed E-state index contributed by atoms with van der Waals surface area (Å²) in [7, 11) is 3.33. The maximum Gasteiger partial charge on any atom is 0.234 e. The number of hydrogen-bond acceptors (Lipinski definition) is 4. The number of methoxy groups -OCH3 is 2. The van der Waals surface area contributed by atoms with E-state index in [1.165, 1.54) is 24.0 Å². The Morgan fingerprint density at radius 3 is 2.12 bits per heavy atom. The molecule has 0 bridgehead atoms. The van der Waals surface area contributed by atoms with Gasteiger partial charge in [0.15, 0.2) is 11.5 Å². The highest BCUT2D eigenvalue weighted by molar-refractivity contribution is 5.78. The number of ether oxygens (including phenoxy) is 2. The molecule has 132 valence electrons. The Hall–Kier alpha value is -1.75. The van der Waals surface area contributed by atoms with Crippen molar-refractivity contribution in [1.82, 2.24) is 10.2 Å². The van der Waals surface area contributed by atoms with Crippen LogP contribution in [0.5, 0.6) is 11.5 Å². The van der Waals surface area contributed by atoms with E-state index in [-0.39, 0.29) is 5.91 Å². The molecule has 0 radical (unpaired) electrons. The number of fused-ring (bicyclic) bond motifs is 1. The first kappa shape index (κ1) is 17.1. The van der Waals surface area contributed by atoms with Gasteiger partial charge in [0.1, 0.15) is 0 Å². The van der Waals surface area contributed by atoms with Crippen molar-refractivity contribution in [3.05, 3.63) is 23.3 Å². The van der Waals surface area contributed by atoms with Crippen LogP contribution in [-0.2, 0) is 17.6 Å². The van der Waals surface area contributed by atoms with Gasteiger partial charge in [0.2, 0.25) is 5.91 Å². The van der Waals surface area contributed by atoms with E-state index >= 15 is 0 Å². The first-order chi connectivity index (χ1) is 11.7. The van der Waals surface area contributed by atoms with Gasteiger partial charge in [-0.1, -0.05) is 12.8 Å². The van der Waals surface area contributed by atoms with Crippen LogP contribution in [-0.4, -0.2) is 50.7 Å². The minimum atomic E-state index is 0.169. The fourth-order valence-electron chi connectivity index (χ4n) is 3.80. The third-order valence-electron chi connectivity index (χ3n) is 5.19. The molecule has 1 aliphatic heterocycles. The van der Waals surface area contributed by atoms with Crippen LogP contribution in [0, 0.1) is 0 Å². The first-order valence-electron chi connectivity index (χ1n) is 8.95. The van der Waals surface area contributed by atoms with E-state index < -0.39 is 0 Å². The highest BCUT2D eigenvalue weighted by Crippen LogP contribution is 2.32. The number of carbonyl (C=O) groups is 1. The van der Waals surface area contributed by atoms with Crippen molar-refractivity contribution < 1.29 is 14.3 Å². The lowest BCUT2D eigenvalue weighted by Gasteiger charge is -2.20. The van der Waals surface area contributed by atoms with E-state index in [1.54, 1.807) is 14.2 Å². The van der Waals surface area contributed by atoms with Gasteiger partial charge in [-0.2, -0.15) is 0 Å². The smallest absolute Gasteiger partial charge is 0.234 e. The van der Waals surface area contributed by atoms with E-state index in [0.717, 1.165) is 50.3 Å². The van der Waals surface area contributed by atoms with Crippen LogP contribution in [0.15, 0.2) is 12.1 Å². The summed E-state index contributed by atoms with van der Waals surface area (Å²) >= 11 is 0. The Morgan fingerprint density at radius 2 is 1.62 bits per heavy atom. The quantitative estimate of drug-likeness (QED) is 0.898. The second-order valence-electron chi connectivity index (χ2n) is 6.80. The summed E-state index contributed by atoms with van der Waals surface area (Å²) in [5, 5.41) is 3.18. The van der Waals surface area contributed by atoms with E-state index in [4.69, 9.17) is 9.47 Å². The molecular formula is C19H28N2O3. The molecule has 1 amide bonds. The number of carbonyl (C=O) groups excluding carboxylic acids is 1. The highest BCUT2D eigenvalue weighted by Gasteiger charge is 2.21. The SMILES string of the molecule is COc1cc2c(cc1OC)CCN(CC(=O)NC1CCCC1)CC2. The maximum atomic E-state index is 12.3. The van der Waals surface area contributed by atoms with Gasteiger partial charge < -0.3 is 14.8 Å². The van der Waals surface area contributed by atoms with Gasteiger partial charge in [0, 0.05) is 19.1 Å². The topological polar surface area (TPSA) is 50.8 Å². The summed E-state index contributed by atoms with van der Waals surface area (Å²) in [6.07, 6.45) is 6.63. The van der Waals surface area contributed by atoms with Crippen LogP contribution in [0.3, 0.4) is 0 Å². The zero-order valence-corrected chi connectivity index (χ0v) is 14.8. The number of rotatable bonds is 5. The molecule has 1 heterocycles. The monoisotopic (exact) mass is 332 g/mol. The summed E-state index contributed by atoms with van der Waals surface area (Å²) in [4.78, 5) is 14.5. The van der Waals surface area contributed by atoms with Crippen molar-refractivity contribution in [3.8, 4) is 11.5 Å². The predicted octanol–water partition coefficient (Wildman–Crippen LogP) is 2.16. The molecule has 3 rings (SSSR count).